The molecule has 0 radical (unpaired) electrons. The minimum Gasteiger partial charge on any atom is -0.372 e. The number of carbonyl (C=O) groups excluding carboxylic acids is 1. The van der Waals surface area contributed by atoms with Crippen molar-refractivity contribution >= 4 is 19.0 Å². The first-order valence-corrected chi connectivity index (χ1v) is 3.89. The number of primary amides is 1. The predicted molar refractivity (Wildman–Crippen MR) is 48.2 cm³/mol. The van der Waals surface area contributed by atoms with Gasteiger partial charge in [-0.1, -0.05) is 20.8 Å². The van der Waals surface area contributed by atoms with E-state index in [0.717, 1.165) is 5.92 Å². The molecule has 2 N–H and O–H groups in total. The molecule has 0 aromatic heterocycles. The van der Waals surface area contributed by atoms with Crippen molar-refractivity contribution in [1.29, 1.82) is 0 Å². The quantitative estimate of drug-likeness (QED) is 0.469. The molecule has 0 aliphatic rings. The molecule has 0 fully saturated rings. The summed E-state index contributed by atoms with van der Waals surface area (Å²) >= 11 is 4.24. The fraction of sp³-hybridized carbons (Fsp3) is 0.857. The standard InChI is InChI=1S/C6H14S.CH3NO/c1-5(2)4-6(3)7;2-1-3/h5-7H,4H2,1-3H3;1H,(H2,2,3)/t6-;/m1./s1. The van der Waals surface area contributed by atoms with Crippen LogP contribution in [0.25, 0.3) is 0 Å². The van der Waals surface area contributed by atoms with Gasteiger partial charge in [0.05, 0.1) is 0 Å². The van der Waals surface area contributed by atoms with Crippen molar-refractivity contribution in [2.75, 3.05) is 0 Å². The van der Waals surface area contributed by atoms with Gasteiger partial charge in [0, 0.05) is 0 Å². The van der Waals surface area contributed by atoms with Crippen LogP contribution in [0.5, 0.6) is 0 Å². The molecule has 0 spiro atoms. The lowest BCUT2D eigenvalue weighted by Gasteiger charge is -2.04. The molecule has 0 bridgehead atoms. The zero-order valence-electron chi connectivity index (χ0n) is 6.87. The van der Waals surface area contributed by atoms with Gasteiger partial charge >= 0.3 is 0 Å². The van der Waals surface area contributed by atoms with Gasteiger partial charge < -0.3 is 5.73 Å². The van der Waals surface area contributed by atoms with Gasteiger partial charge in [0.1, 0.15) is 0 Å². The lowest BCUT2D eigenvalue weighted by molar-refractivity contribution is -0.106. The Labute approximate surface area is 68.6 Å². The molecule has 0 rings (SSSR count). The zero-order chi connectivity index (χ0) is 8.57. The molecule has 0 heterocycles. The van der Waals surface area contributed by atoms with Gasteiger partial charge in [0.15, 0.2) is 0 Å². The van der Waals surface area contributed by atoms with Crippen LogP contribution in [0, 0.1) is 5.92 Å². The topological polar surface area (TPSA) is 43.1 Å². The van der Waals surface area contributed by atoms with Gasteiger partial charge in [-0.3, -0.25) is 4.79 Å². The zero-order valence-corrected chi connectivity index (χ0v) is 7.77. The van der Waals surface area contributed by atoms with E-state index >= 15 is 0 Å². The van der Waals surface area contributed by atoms with Crippen LogP contribution in [-0.4, -0.2) is 11.7 Å². The second-order valence-corrected chi connectivity index (χ2v) is 3.50. The predicted octanol–water partition coefficient (Wildman–Crippen LogP) is 1.45. The van der Waals surface area contributed by atoms with Crippen LogP contribution in [0.2, 0.25) is 0 Å². The lowest BCUT2D eigenvalue weighted by Crippen LogP contribution is -1.96. The monoisotopic (exact) mass is 163 g/mol. The van der Waals surface area contributed by atoms with Crippen molar-refractivity contribution < 1.29 is 4.79 Å². The first-order valence-electron chi connectivity index (χ1n) is 3.38. The normalized spacial score (nSPS) is 11.7. The summed E-state index contributed by atoms with van der Waals surface area (Å²) in [5.74, 6) is 0.799. The largest absolute Gasteiger partial charge is 0.372 e. The van der Waals surface area contributed by atoms with Crippen molar-refractivity contribution in [1.82, 2.24) is 0 Å². The molecule has 0 aromatic rings. The maximum Gasteiger partial charge on any atom is 0.204 e. The third-order valence-corrected chi connectivity index (χ3v) is 1.02. The van der Waals surface area contributed by atoms with Crippen LogP contribution >= 0.6 is 12.6 Å². The van der Waals surface area contributed by atoms with Crippen molar-refractivity contribution in [2.45, 2.75) is 32.4 Å². The number of hydrogen-bond donors (Lipinski definition) is 2. The second kappa shape index (κ2) is 8.82. The summed E-state index contributed by atoms with van der Waals surface area (Å²) in [6.07, 6.45) is 1.48. The Kier molecular flexibility index (Phi) is 11.0. The molecule has 62 valence electrons. The van der Waals surface area contributed by atoms with E-state index in [2.05, 4.69) is 39.1 Å². The van der Waals surface area contributed by atoms with Gasteiger partial charge in [0.25, 0.3) is 0 Å². The third kappa shape index (κ3) is 24.9. The Morgan fingerprint density at radius 1 is 1.50 bits per heavy atom. The Bertz CT molecular complexity index is 68.0. The van der Waals surface area contributed by atoms with Gasteiger partial charge in [-0.2, -0.15) is 12.6 Å². The average molecular weight is 163 g/mol. The third-order valence-electron chi connectivity index (χ3n) is 0.813. The molecule has 1 atom stereocenters. The SMILES string of the molecule is CC(C)C[C@@H](C)S.NC=O. The number of hydrogen-bond acceptors (Lipinski definition) is 2. The van der Waals surface area contributed by atoms with E-state index in [0.29, 0.717) is 5.25 Å². The summed E-state index contributed by atoms with van der Waals surface area (Å²) in [4.78, 5) is 8.58. The molecule has 3 heteroatoms. The van der Waals surface area contributed by atoms with E-state index in [-0.39, 0.29) is 6.41 Å². The Morgan fingerprint density at radius 2 is 1.80 bits per heavy atom. The highest BCUT2D eigenvalue weighted by molar-refractivity contribution is 7.80. The summed E-state index contributed by atoms with van der Waals surface area (Å²) in [5.41, 5.74) is 4.17. The molecular weight excluding hydrogens is 146 g/mol. The van der Waals surface area contributed by atoms with Crippen molar-refractivity contribution in [3.05, 3.63) is 0 Å². The first kappa shape index (κ1) is 12.5. The van der Waals surface area contributed by atoms with Crippen molar-refractivity contribution in [3.8, 4) is 0 Å². The molecule has 0 aliphatic heterocycles. The minimum absolute atomic E-state index is 0.250. The second-order valence-electron chi connectivity index (χ2n) is 2.61. The van der Waals surface area contributed by atoms with Gasteiger partial charge in [-0.25, -0.2) is 0 Å². The van der Waals surface area contributed by atoms with Crippen LogP contribution < -0.4 is 5.73 Å². The summed E-state index contributed by atoms with van der Waals surface area (Å²) < 4.78 is 0. The minimum atomic E-state index is 0.250. The number of amides is 1. The fourth-order valence-corrected chi connectivity index (χ4v) is 1.10. The first-order chi connectivity index (χ1) is 4.54. The van der Waals surface area contributed by atoms with E-state index < -0.39 is 0 Å². The average Bonchev–Trinajstić information content (AvgIpc) is 1.62. The smallest absolute Gasteiger partial charge is 0.204 e. The summed E-state index contributed by atoms with van der Waals surface area (Å²) in [6.45, 7) is 6.56. The molecule has 0 saturated heterocycles. The Balaban J connectivity index is 0. The van der Waals surface area contributed by atoms with Crippen LogP contribution in [0.15, 0.2) is 0 Å². The highest BCUT2D eigenvalue weighted by Crippen LogP contribution is 2.07. The van der Waals surface area contributed by atoms with Crippen molar-refractivity contribution in [3.63, 3.8) is 0 Å². The highest BCUT2D eigenvalue weighted by atomic mass is 32.1. The molecule has 1 amide bonds. The molecule has 0 saturated carbocycles. The maximum absolute atomic E-state index is 8.58. The number of carbonyl (C=O) groups is 1. The molecule has 10 heavy (non-hydrogen) atoms. The van der Waals surface area contributed by atoms with Crippen molar-refractivity contribution in [2.24, 2.45) is 11.7 Å². The van der Waals surface area contributed by atoms with E-state index in [1.54, 1.807) is 0 Å². The number of rotatable bonds is 2. The molecular formula is C7H17NOS. The maximum atomic E-state index is 8.58. The molecule has 0 aromatic carbocycles. The van der Waals surface area contributed by atoms with Gasteiger partial charge in [0.2, 0.25) is 6.41 Å². The summed E-state index contributed by atoms with van der Waals surface area (Å²) in [7, 11) is 0. The lowest BCUT2D eigenvalue weighted by atomic mass is 10.1. The Morgan fingerprint density at radius 3 is 1.80 bits per heavy atom. The summed E-state index contributed by atoms with van der Waals surface area (Å²) in [5, 5.41) is 0.569. The van der Waals surface area contributed by atoms with E-state index in [9.17, 15) is 0 Å². The number of thiol groups is 1. The molecule has 0 unspecified atom stereocenters. The van der Waals surface area contributed by atoms with Crippen LogP contribution in [0.3, 0.4) is 0 Å². The van der Waals surface area contributed by atoms with Gasteiger partial charge in [-0.15, -0.1) is 0 Å². The number of nitrogens with two attached hydrogens (primary N) is 1. The molecule has 2 nitrogen and oxygen atoms in total. The van der Waals surface area contributed by atoms with Gasteiger partial charge in [-0.05, 0) is 17.6 Å². The van der Waals surface area contributed by atoms with E-state index in [4.69, 9.17) is 4.79 Å². The fourth-order valence-electron chi connectivity index (χ4n) is 0.682. The van der Waals surface area contributed by atoms with Crippen LogP contribution in [-0.2, 0) is 4.79 Å². The molecule has 0 aliphatic carbocycles. The summed E-state index contributed by atoms with van der Waals surface area (Å²) in [6, 6.07) is 0. The highest BCUT2D eigenvalue weighted by Gasteiger charge is 1.96. The van der Waals surface area contributed by atoms with E-state index in [1.165, 1.54) is 6.42 Å². The van der Waals surface area contributed by atoms with E-state index in [1.807, 2.05) is 0 Å². The van der Waals surface area contributed by atoms with Crippen LogP contribution in [0.4, 0.5) is 0 Å². The Hall–Kier alpha value is -0.180. The van der Waals surface area contributed by atoms with Crippen LogP contribution in [0.1, 0.15) is 27.2 Å².